The summed E-state index contributed by atoms with van der Waals surface area (Å²) in [6, 6.07) is 7.07. The Morgan fingerprint density at radius 3 is 2.68 bits per heavy atom. The normalized spacial score (nSPS) is 30.4. The van der Waals surface area contributed by atoms with E-state index >= 15 is 0 Å². The van der Waals surface area contributed by atoms with Crippen LogP contribution in [-0.4, -0.2) is 38.2 Å². The van der Waals surface area contributed by atoms with Crippen LogP contribution in [-0.2, 0) is 14.8 Å². The van der Waals surface area contributed by atoms with Crippen LogP contribution in [0.1, 0.15) is 44.1 Å². The molecule has 0 bridgehead atoms. The van der Waals surface area contributed by atoms with Crippen LogP contribution in [0.25, 0.3) is 0 Å². The molecular formula is C16H23NO4S. The molecule has 1 aromatic rings. The van der Waals surface area contributed by atoms with E-state index in [1.807, 2.05) is 24.3 Å². The Bertz CT molecular complexity index is 645. The molecule has 0 saturated carbocycles. The van der Waals surface area contributed by atoms with Gasteiger partial charge >= 0.3 is 0 Å². The first kappa shape index (κ1) is 15.8. The number of unbranched alkanes of at least 4 members (excludes halogenated alkanes) is 2. The molecular weight excluding hydrogens is 302 g/mol. The Labute approximate surface area is 131 Å². The second-order valence-electron chi connectivity index (χ2n) is 6.19. The summed E-state index contributed by atoms with van der Waals surface area (Å²) in [5, 5.41) is 10.3. The van der Waals surface area contributed by atoms with E-state index in [0.717, 1.165) is 31.2 Å². The SMILES string of the molecule is CCCCC[C@@H]1OC(O)[C@@H]2c3ccccc3N(S(C)(=O)=O)[C@H]12. The zero-order valence-electron chi connectivity index (χ0n) is 13.0. The number of nitrogens with zero attached hydrogens (tertiary/aromatic N) is 1. The van der Waals surface area contributed by atoms with E-state index < -0.39 is 16.3 Å². The van der Waals surface area contributed by atoms with E-state index in [1.54, 1.807) is 0 Å². The molecule has 22 heavy (non-hydrogen) atoms. The van der Waals surface area contributed by atoms with Crippen molar-refractivity contribution in [1.82, 2.24) is 0 Å². The molecule has 1 saturated heterocycles. The molecule has 1 aromatic carbocycles. The van der Waals surface area contributed by atoms with Crippen molar-refractivity contribution in [2.45, 2.75) is 57.0 Å². The molecule has 4 atom stereocenters. The second kappa shape index (κ2) is 5.83. The zero-order valence-corrected chi connectivity index (χ0v) is 13.8. The van der Waals surface area contributed by atoms with Gasteiger partial charge in [-0.3, -0.25) is 4.31 Å². The van der Waals surface area contributed by atoms with Gasteiger partial charge < -0.3 is 9.84 Å². The maximum absolute atomic E-state index is 12.3. The van der Waals surface area contributed by atoms with E-state index in [-0.39, 0.29) is 18.1 Å². The van der Waals surface area contributed by atoms with Gasteiger partial charge in [-0.2, -0.15) is 0 Å². The molecule has 2 heterocycles. The highest BCUT2D eigenvalue weighted by Crippen LogP contribution is 2.50. The van der Waals surface area contributed by atoms with Gasteiger partial charge in [0.2, 0.25) is 10.0 Å². The molecule has 2 aliphatic heterocycles. The third-order valence-electron chi connectivity index (χ3n) is 4.62. The largest absolute Gasteiger partial charge is 0.367 e. The molecule has 0 amide bonds. The molecule has 0 aliphatic carbocycles. The van der Waals surface area contributed by atoms with Crippen molar-refractivity contribution in [1.29, 1.82) is 0 Å². The Morgan fingerprint density at radius 2 is 2.00 bits per heavy atom. The van der Waals surface area contributed by atoms with Crippen LogP contribution >= 0.6 is 0 Å². The van der Waals surface area contributed by atoms with Crippen molar-refractivity contribution in [2.75, 3.05) is 10.6 Å². The van der Waals surface area contributed by atoms with Gasteiger partial charge in [0.1, 0.15) is 0 Å². The Hall–Kier alpha value is -1.11. The lowest BCUT2D eigenvalue weighted by Crippen LogP contribution is -2.43. The van der Waals surface area contributed by atoms with Gasteiger partial charge in [-0.15, -0.1) is 0 Å². The molecule has 1 N–H and O–H groups in total. The van der Waals surface area contributed by atoms with E-state index in [1.165, 1.54) is 10.6 Å². The fourth-order valence-electron chi connectivity index (χ4n) is 3.74. The molecule has 122 valence electrons. The van der Waals surface area contributed by atoms with Crippen molar-refractivity contribution in [3.63, 3.8) is 0 Å². The van der Waals surface area contributed by atoms with Crippen LogP contribution in [0.2, 0.25) is 0 Å². The lowest BCUT2D eigenvalue weighted by atomic mass is 9.92. The molecule has 1 unspecified atom stereocenters. The number of sulfonamides is 1. The lowest BCUT2D eigenvalue weighted by molar-refractivity contribution is -0.0992. The topological polar surface area (TPSA) is 66.8 Å². The quantitative estimate of drug-likeness (QED) is 0.843. The van der Waals surface area contributed by atoms with Crippen molar-refractivity contribution in [3.8, 4) is 0 Å². The predicted molar refractivity (Wildman–Crippen MR) is 85.3 cm³/mol. The number of aliphatic hydroxyl groups excluding tert-OH is 1. The van der Waals surface area contributed by atoms with Gasteiger partial charge in [0, 0.05) is 0 Å². The number of rotatable bonds is 5. The van der Waals surface area contributed by atoms with Gasteiger partial charge in [0.05, 0.1) is 30.0 Å². The highest BCUT2D eigenvalue weighted by molar-refractivity contribution is 7.92. The Balaban J connectivity index is 1.98. The van der Waals surface area contributed by atoms with Crippen molar-refractivity contribution >= 4 is 15.7 Å². The minimum atomic E-state index is -3.41. The zero-order chi connectivity index (χ0) is 15.9. The first-order valence-electron chi connectivity index (χ1n) is 7.87. The molecule has 0 radical (unpaired) electrons. The van der Waals surface area contributed by atoms with Crippen molar-refractivity contribution in [3.05, 3.63) is 29.8 Å². The fraction of sp³-hybridized carbons (Fsp3) is 0.625. The number of anilines is 1. The lowest BCUT2D eigenvalue weighted by Gasteiger charge is -2.28. The summed E-state index contributed by atoms with van der Waals surface area (Å²) < 4.78 is 31.8. The number of para-hydroxylation sites is 1. The van der Waals surface area contributed by atoms with Crippen LogP contribution in [0, 0.1) is 0 Å². The van der Waals surface area contributed by atoms with Crippen LogP contribution in [0.4, 0.5) is 5.69 Å². The average Bonchev–Trinajstić information content (AvgIpc) is 2.95. The second-order valence-corrected chi connectivity index (χ2v) is 8.05. The highest BCUT2D eigenvalue weighted by atomic mass is 32.2. The summed E-state index contributed by atoms with van der Waals surface area (Å²) in [4.78, 5) is 0. The Morgan fingerprint density at radius 1 is 1.27 bits per heavy atom. The molecule has 3 rings (SSSR count). The number of fused-ring (bicyclic) bond motifs is 3. The van der Waals surface area contributed by atoms with E-state index in [0.29, 0.717) is 5.69 Å². The number of benzene rings is 1. The standard InChI is InChI=1S/C16H23NO4S/c1-3-4-5-10-13-15-14(16(18)21-13)11-8-6-7-9-12(11)17(15)22(2,19)20/h6-9,13-16,18H,3-5,10H2,1-2H3/t13-,14+,15+,16?/m0/s1. The minimum Gasteiger partial charge on any atom is -0.367 e. The van der Waals surface area contributed by atoms with E-state index in [2.05, 4.69) is 6.92 Å². The summed E-state index contributed by atoms with van der Waals surface area (Å²) in [7, 11) is -3.41. The predicted octanol–water partition coefficient (Wildman–Crippen LogP) is 2.22. The van der Waals surface area contributed by atoms with Crippen LogP contribution in [0.3, 0.4) is 0 Å². The average molecular weight is 325 g/mol. The summed E-state index contributed by atoms with van der Waals surface area (Å²) in [6.45, 7) is 2.13. The number of hydrogen-bond donors (Lipinski definition) is 1. The molecule has 0 aromatic heterocycles. The van der Waals surface area contributed by atoms with Gasteiger partial charge in [-0.25, -0.2) is 8.42 Å². The molecule has 2 aliphatic rings. The number of hydrogen-bond acceptors (Lipinski definition) is 4. The van der Waals surface area contributed by atoms with E-state index in [4.69, 9.17) is 4.74 Å². The Kier molecular flexibility index (Phi) is 4.18. The highest BCUT2D eigenvalue weighted by Gasteiger charge is 2.55. The summed E-state index contributed by atoms with van der Waals surface area (Å²) in [6.07, 6.45) is 3.95. The van der Waals surface area contributed by atoms with Crippen LogP contribution in [0.15, 0.2) is 24.3 Å². The third kappa shape index (κ3) is 2.53. The fourth-order valence-corrected chi connectivity index (χ4v) is 4.98. The van der Waals surface area contributed by atoms with Gasteiger partial charge in [-0.05, 0) is 18.1 Å². The smallest absolute Gasteiger partial charge is 0.232 e. The van der Waals surface area contributed by atoms with Crippen LogP contribution < -0.4 is 4.31 Å². The first-order chi connectivity index (χ1) is 10.4. The molecule has 5 nitrogen and oxygen atoms in total. The van der Waals surface area contributed by atoms with Crippen LogP contribution in [0.5, 0.6) is 0 Å². The van der Waals surface area contributed by atoms with Gasteiger partial charge in [-0.1, -0.05) is 44.4 Å². The summed E-state index contributed by atoms with van der Waals surface area (Å²) >= 11 is 0. The minimum absolute atomic E-state index is 0.256. The summed E-state index contributed by atoms with van der Waals surface area (Å²) in [5.74, 6) is -0.294. The van der Waals surface area contributed by atoms with Gasteiger partial charge in [0.15, 0.2) is 6.29 Å². The maximum atomic E-state index is 12.3. The molecule has 1 fully saturated rings. The molecule has 0 spiro atoms. The van der Waals surface area contributed by atoms with Crippen molar-refractivity contribution < 1.29 is 18.3 Å². The molecule has 6 heteroatoms. The van der Waals surface area contributed by atoms with Gasteiger partial charge in [0.25, 0.3) is 0 Å². The van der Waals surface area contributed by atoms with Crippen molar-refractivity contribution in [2.24, 2.45) is 0 Å². The monoisotopic (exact) mass is 325 g/mol. The number of aliphatic hydroxyl groups is 1. The first-order valence-corrected chi connectivity index (χ1v) is 9.72. The third-order valence-corrected chi connectivity index (χ3v) is 5.78. The van der Waals surface area contributed by atoms with E-state index in [9.17, 15) is 13.5 Å². The maximum Gasteiger partial charge on any atom is 0.232 e. The number of ether oxygens (including phenoxy) is 1. The summed E-state index contributed by atoms with van der Waals surface area (Å²) in [5.41, 5.74) is 1.55.